The Labute approximate surface area is 115 Å². The summed E-state index contributed by atoms with van der Waals surface area (Å²) in [5.74, 6) is -0.984. The molecule has 0 heterocycles. The van der Waals surface area contributed by atoms with Gasteiger partial charge in [0.2, 0.25) is 6.10 Å². The quantitative estimate of drug-likeness (QED) is 0.458. The van der Waals surface area contributed by atoms with Crippen molar-refractivity contribution in [2.45, 2.75) is 25.8 Å². The standard InChI is InChI=1S/C14H15F3O3/c1-11(18)20-13(14(15,16)17)8-5-9-19-10-12-6-3-2-4-7-12/h2-8,13H,9-10H2,1H3/b8-5+. The summed E-state index contributed by atoms with van der Waals surface area (Å²) < 4.78 is 46.8. The van der Waals surface area contributed by atoms with Crippen molar-refractivity contribution >= 4 is 5.97 Å². The molecule has 1 aromatic carbocycles. The Balaban J connectivity index is 2.39. The number of hydrogen-bond donors (Lipinski definition) is 0. The molecule has 0 aliphatic carbocycles. The second-order valence-electron chi connectivity index (χ2n) is 4.00. The van der Waals surface area contributed by atoms with Gasteiger partial charge in [-0.05, 0) is 11.6 Å². The molecular weight excluding hydrogens is 273 g/mol. The van der Waals surface area contributed by atoms with E-state index in [0.717, 1.165) is 18.6 Å². The van der Waals surface area contributed by atoms with Crippen LogP contribution in [-0.4, -0.2) is 24.9 Å². The minimum absolute atomic E-state index is 0.00272. The van der Waals surface area contributed by atoms with Crippen molar-refractivity contribution < 1.29 is 27.4 Å². The van der Waals surface area contributed by atoms with Gasteiger partial charge in [-0.2, -0.15) is 13.2 Å². The minimum atomic E-state index is -4.62. The molecule has 0 bridgehead atoms. The SMILES string of the molecule is CC(=O)OC(/C=C/COCc1ccccc1)C(F)(F)F. The molecule has 0 radical (unpaired) electrons. The third-order valence-electron chi connectivity index (χ3n) is 2.25. The Kier molecular flexibility index (Phi) is 6.24. The first kappa shape index (κ1) is 16.2. The second kappa shape index (κ2) is 7.69. The number of alkyl halides is 3. The molecule has 0 saturated carbocycles. The van der Waals surface area contributed by atoms with E-state index in [1.165, 1.54) is 6.08 Å². The molecule has 0 saturated heterocycles. The van der Waals surface area contributed by atoms with Gasteiger partial charge in [0.15, 0.2) is 0 Å². The summed E-state index contributed by atoms with van der Waals surface area (Å²) in [6.07, 6.45) is -4.90. The van der Waals surface area contributed by atoms with Crippen LogP contribution in [0.2, 0.25) is 0 Å². The van der Waals surface area contributed by atoms with Crippen molar-refractivity contribution in [3.05, 3.63) is 48.0 Å². The zero-order chi connectivity index (χ0) is 15.0. The highest BCUT2D eigenvalue weighted by atomic mass is 19.4. The van der Waals surface area contributed by atoms with E-state index in [1.54, 1.807) is 0 Å². The van der Waals surface area contributed by atoms with Crippen LogP contribution in [0.1, 0.15) is 12.5 Å². The molecule has 3 nitrogen and oxygen atoms in total. The molecule has 1 aromatic rings. The molecule has 20 heavy (non-hydrogen) atoms. The number of rotatable bonds is 6. The predicted octanol–water partition coefficient (Wildman–Crippen LogP) is 3.25. The van der Waals surface area contributed by atoms with Crippen molar-refractivity contribution in [3.8, 4) is 0 Å². The Morgan fingerprint density at radius 1 is 1.30 bits per heavy atom. The van der Waals surface area contributed by atoms with E-state index in [1.807, 2.05) is 30.3 Å². The second-order valence-corrected chi connectivity index (χ2v) is 4.00. The molecule has 0 spiro atoms. The van der Waals surface area contributed by atoms with Crippen LogP contribution >= 0.6 is 0 Å². The highest BCUT2D eigenvalue weighted by Crippen LogP contribution is 2.24. The van der Waals surface area contributed by atoms with Gasteiger partial charge in [-0.3, -0.25) is 4.79 Å². The lowest BCUT2D eigenvalue weighted by Gasteiger charge is -2.16. The maximum Gasteiger partial charge on any atom is 0.429 e. The van der Waals surface area contributed by atoms with Crippen LogP contribution in [0.4, 0.5) is 13.2 Å². The van der Waals surface area contributed by atoms with Gasteiger partial charge in [-0.1, -0.05) is 36.4 Å². The van der Waals surface area contributed by atoms with E-state index in [-0.39, 0.29) is 6.61 Å². The van der Waals surface area contributed by atoms with E-state index < -0.39 is 18.2 Å². The molecule has 1 unspecified atom stereocenters. The van der Waals surface area contributed by atoms with Gasteiger partial charge in [-0.15, -0.1) is 0 Å². The Morgan fingerprint density at radius 3 is 2.50 bits per heavy atom. The molecule has 1 rings (SSSR count). The maximum absolute atomic E-state index is 12.5. The molecule has 0 aliphatic rings. The lowest BCUT2D eigenvalue weighted by atomic mass is 10.2. The van der Waals surface area contributed by atoms with E-state index in [9.17, 15) is 18.0 Å². The zero-order valence-electron chi connectivity index (χ0n) is 10.9. The zero-order valence-corrected chi connectivity index (χ0v) is 10.9. The van der Waals surface area contributed by atoms with Gasteiger partial charge in [-0.25, -0.2) is 0 Å². The minimum Gasteiger partial charge on any atom is -0.449 e. The van der Waals surface area contributed by atoms with Crippen LogP contribution in [0.5, 0.6) is 0 Å². The number of carbonyl (C=O) groups is 1. The number of ether oxygens (including phenoxy) is 2. The van der Waals surface area contributed by atoms with Gasteiger partial charge in [0, 0.05) is 6.92 Å². The lowest BCUT2D eigenvalue weighted by Crippen LogP contribution is -2.31. The average Bonchev–Trinajstić information content (AvgIpc) is 2.36. The fraction of sp³-hybridized carbons (Fsp3) is 0.357. The normalized spacial score (nSPS) is 13.4. The monoisotopic (exact) mass is 288 g/mol. The van der Waals surface area contributed by atoms with E-state index >= 15 is 0 Å². The highest BCUT2D eigenvalue weighted by molar-refractivity contribution is 5.66. The Morgan fingerprint density at radius 2 is 1.95 bits per heavy atom. The first-order valence-electron chi connectivity index (χ1n) is 5.92. The van der Waals surface area contributed by atoms with Crippen LogP contribution in [0.15, 0.2) is 42.5 Å². The third-order valence-corrected chi connectivity index (χ3v) is 2.25. The topological polar surface area (TPSA) is 35.5 Å². The molecule has 0 fully saturated rings. The van der Waals surface area contributed by atoms with Crippen LogP contribution in [0.3, 0.4) is 0 Å². The fourth-order valence-electron chi connectivity index (χ4n) is 1.39. The number of hydrogen-bond acceptors (Lipinski definition) is 3. The van der Waals surface area contributed by atoms with E-state index in [2.05, 4.69) is 4.74 Å². The summed E-state index contributed by atoms with van der Waals surface area (Å²) >= 11 is 0. The molecule has 0 aromatic heterocycles. The summed E-state index contributed by atoms with van der Waals surface area (Å²) in [6.45, 7) is 1.23. The molecule has 110 valence electrons. The van der Waals surface area contributed by atoms with Crippen LogP contribution in [0.25, 0.3) is 0 Å². The van der Waals surface area contributed by atoms with Crippen LogP contribution in [-0.2, 0) is 20.9 Å². The summed E-state index contributed by atoms with van der Waals surface area (Å²) in [7, 11) is 0. The summed E-state index contributed by atoms with van der Waals surface area (Å²) in [5.41, 5.74) is 0.924. The predicted molar refractivity (Wildman–Crippen MR) is 66.8 cm³/mol. The van der Waals surface area contributed by atoms with E-state index in [4.69, 9.17) is 4.74 Å². The molecule has 0 N–H and O–H groups in total. The highest BCUT2D eigenvalue weighted by Gasteiger charge is 2.40. The van der Waals surface area contributed by atoms with Crippen molar-refractivity contribution in [2.24, 2.45) is 0 Å². The molecular formula is C14H15F3O3. The van der Waals surface area contributed by atoms with Crippen molar-refractivity contribution in [1.82, 2.24) is 0 Å². The Hall–Kier alpha value is -1.82. The largest absolute Gasteiger partial charge is 0.449 e. The van der Waals surface area contributed by atoms with E-state index in [0.29, 0.717) is 6.61 Å². The third kappa shape index (κ3) is 6.38. The molecule has 6 heteroatoms. The van der Waals surface area contributed by atoms with Gasteiger partial charge in [0.25, 0.3) is 0 Å². The first-order chi connectivity index (χ1) is 9.39. The van der Waals surface area contributed by atoms with Gasteiger partial charge < -0.3 is 9.47 Å². The average molecular weight is 288 g/mol. The van der Waals surface area contributed by atoms with Crippen LogP contribution in [0, 0.1) is 0 Å². The number of benzene rings is 1. The van der Waals surface area contributed by atoms with Gasteiger partial charge >= 0.3 is 12.1 Å². The smallest absolute Gasteiger partial charge is 0.429 e. The Bertz CT molecular complexity index is 441. The molecule has 1 atom stereocenters. The summed E-state index contributed by atoms with van der Waals surface area (Å²) in [6, 6.07) is 9.24. The number of carbonyl (C=O) groups excluding carboxylic acids is 1. The number of halogens is 3. The van der Waals surface area contributed by atoms with Gasteiger partial charge in [0.05, 0.1) is 13.2 Å². The maximum atomic E-state index is 12.5. The van der Waals surface area contributed by atoms with Gasteiger partial charge in [0.1, 0.15) is 0 Å². The van der Waals surface area contributed by atoms with Crippen molar-refractivity contribution in [1.29, 1.82) is 0 Å². The lowest BCUT2D eigenvalue weighted by molar-refractivity contribution is -0.206. The molecule has 0 aliphatic heterocycles. The fourth-order valence-corrected chi connectivity index (χ4v) is 1.39. The van der Waals surface area contributed by atoms with Crippen LogP contribution < -0.4 is 0 Å². The van der Waals surface area contributed by atoms with Crippen molar-refractivity contribution in [2.75, 3.05) is 6.61 Å². The summed E-state index contributed by atoms with van der Waals surface area (Å²) in [4.78, 5) is 10.6. The summed E-state index contributed by atoms with van der Waals surface area (Å²) in [5, 5.41) is 0. The molecule has 0 amide bonds. The first-order valence-corrected chi connectivity index (χ1v) is 5.92. The van der Waals surface area contributed by atoms with Crippen molar-refractivity contribution in [3.63, 3.8) is 0 Å². The number of esters is 1.